The maximum absolute atomic E-state index is 11.6. The Kier molecular flexibility index (Phi) is 5.77. The molecule has 6 nitrogen and oxygen atoms in total. The number of rotatable bonds is 6. The van der Waals surface area contributed by atoms with Crippen molar-refractivity contribution in [2.45, 2.75) is 25.9 Å². The number of carboxylic acids is 1. The first-order chi connectivity index (χ1) is 10.6. The maximum Gasteiger partial charge on any atom is 0.407 e. The van der Waals surface area contributed by atoms with Gasteiger partial charge in [-0.05, 0) is 24.8 Å². The molecule has 1 aromatic rings. The first kappa shape index (κ1) is 16.3. The Hall–Kier alpha value is -2.08. The van der Waals surface area contributed by atoms with Gasteiger partial charge in [0, 0.05) is 19.8 Å². The van der Waals surface area contributed by atoms with E-state index in [0.717, 1.165) is 5.56 Å². The van der Waals surface area contributed by atoms with Crippen LogP contribution in [0, 0.1) is 5.41 Å². The van der Waals surface area contributed by atoms with Crippen molar-refractivity contribution in [1.29, 1.82) is 0 Å². The molecular formula is C16H21NO5. The molecule has 0 radical (unpaired) electrons. The molecular weight excluding hydrogens is 286 g/mol. The van der Waals surface area contributed by atoms with Crippen molar-refractivity contribution < 1.29 is 24.2 Å². The van der Waals surface area contributed by atoms with Crippen LogP contribution in [0.2, 0.25) is 0 Å². The van der Waals surface area contributed by atoms with Gasteiger partial charge in [-0.25, -0.2) is 4.79 Å². The second kappa shape index (κ2) is 7.79. The minimum Gasteiger partial charge on any atom is -0.481 e. The topological polar surface area (TPSA) is 84.9 Å². The summed E-state index contributed by atoms with van der Waals surface area (Å²) in [6.07, 6.45) is 0.801. The predicted molar refractivity (Wildman–Crippen MR) is 79.4 cm³/mol. The molecule has 0 atom stereocenters. The van der Waals surface area contributed by atoms with Crippen LogP contribution in [-0.2, 0) is 20.9 Å². The van der Waals surface area contributed by atoms with E-state index >= 15 is 0 Å². The molecule has 2 N–H and O–H groups in total. The summed E-state index contributed by atoms with van der Waals surface area (Å²) in [4.78, 5) is 23.1. The van der Waals surface area contributed by atoms with Gasteiger partial charge in [-0.15, -0.1) is 0 Å². The van der Waals surface area contributed by atoms with Gasteiger partial charge in [0.05, 0.1) is 5.41 Å². The summed E-state index contributed by atoms with van der Waals surface area (Å²) in [5.74, 6) is -0.824. The molecule has 0 saturated carbocycles. The minimum absolute atomic E-state index is 0.199. The van der Waals surface area contributed by atoms with Gasteiger partial charge < -0.3 is 19.9 Å². The van der Waals surface area contributed by atoms with Crippen LogP contribution in [0.1, 0.15) is 24.8 Å². The highest BCUT2D eigenvalue weighted by Gasteiger charge is 2.39. The zero-order valence-electron chi connectivity index (χ0n) is 12.4. The number of carbonyl (C=O) groups is 2. The second-order valence-electron chi connectivity index (χ2n) is 5.44. The van der Waals surface area contributed by atoms with E-state index in [2.05, 4.69) is 5.32 Å². The molecule has 1 amide bonds. The number of nitrogens with one attached hydrogen (secondary N) is 1. The number of hydrogen-bond donors (Lipinski definition) is 2. The van der Waals surface area contributed by atoms with E-state index in [1.54, 1.807) is 0 Å². The summed E-state index contributed by atoms with van der Waals surface area (Å²) in [5, 5.41) is 12.0. The summed E-state index contributed by atoms with van der Waals surface area (Å²) in [7, 11) is 0. The summed E-state index contributed by atoms with van der Waals surface area (Å²) in [6.45, 7) is 1.38. The SMILES string of the molecule is O=C(NCCC1(C(=O)O)CCOCC1)OCc1ccccc1. The summed E-state index contributed by atoms with van der Waals surface area (Å²) in [6, 6.07) is 9.38. The molecule has 1 aromatic carbocycles. The van der Waals surface area contributed by atoms with Crippen LogP contribution in [0.25, 0.3) is 0 Å². The number of aliphatic carboxylic acids is 1. The molecule has 1 aliphatic rings. The number of alkyl carbamates (subject to hydrolysis) is 1. The Bertz CT molecular complexity index is 497. The molecule has 22 heavy (non-hydrogen) atoms. The highest BCUT2D eigenvalue weighted by atomic mass is 16.5. The number of carbonyl (C=O) groups excluding carboxylic acids is 1. The highest BCUT2D eigenvalue weighted by molar-refractivity contribution is 5.75. The fraction of sp³-hybridized carbons (Fsp3) is 0.500. The molecule has 2 rings (SSSR count). The van der Waals surface area contributed by atoms with Crippen LogP contribution in [-0.4, -0.2) is 36.9 Å². The molecule has 0 unspecified atom stereocenters. The number of hydrogen-bond acceptors (Lipinski definition) is 4. The monoisotopic (exact) mass is 307 g/mol. The van der Waals surface area contributed by atoms with Gasteiger partial charge in [-0.1, -0.05) is 30.3 Å². The van der Waals surface area contributed by atoms with E-state index in [9.17, 15) is 14.7 Å². The zero-order chi connectivity index (χ0) is 15.8. The van der Waals surface area contributed by atoms with E-state index in [-0.39, 0.29) is 13.2 Å². The van der Waals surface area contributed by atoms with Crippen molar-refractivity contribution >= 4 is 12.1 Å². The molecule has 120 valence electrons. The Morgan fingerprint density at radius 2 is 1.91 bits per heavy atom. The molecule has 6 heteroatoms. The minimum atomic E-state index is -0.824. The van der Waals surface area contributed by atoms with Crippen molar-refractivity contribution in [1.82, 2.24) is 5.32 Å². The number of benzene rings is 1. The maximum atomic E-state index is 11.6. The van der Waals surface area contributed by atoms with Crippen LogP contribution < -0.4 is 5.32 Å². The quantitative estimate of drug-likeness (QED) is 0.841. The number of carboxylic acid groups (broad SMARTS) is 1. The van der Waals surface area contributed by atoms with Crippen LogP contribution in [0.3, 0.4) is 0 Å². The number of amides is 1. The molecule has 0 bridgehead atoms. The standard InChI is InChI=1S/C16H21NO5/c18-14(19)16(7-10-21-11-8-16)6-9-17-15(20)22-12-13-4-2-1-3-5-13/h1-5H,6-12H2,(H,17,20)(H,18,19). The van der Waals surface area contributed by atoms with Gasteiger partial charge in [0.2, 0.25) is 0 Å². The van der Waals surface area contributed by atoms with Gasteiger partial charge in [0.15, 0.2) is 0 Å². The largest absolute Gasteiger partial charge is 0.481 e. The van der Waals surface area contributed by atoms with E-state index in [4.69, 9.17) is 9.47 Å². The second-order valence-corrected chi connectivity index (χ2v) is 5.44. The van der Waals surface area contributed by atoms with Gasteiger partial charge in [-0.3, -0.25) is 4.79 Å². The van der Waals surface area contributed by atoms with Crippen LogP contribution >= 0.6 is 0 Å². The fourth-order valence-electron chi connectivity index (χ4n) is 2.51. The molecule has 1 fully saturated rings. The normalized spacial score (nSPS) is 16.7. The van der Waals surface area contributed by atoms with Gasteiger partial charge in [-0.2, -0.15) is 0 Å². The molecule has 1 aliphatic heterocycles. The van der Waals surface area contributed by atoms with Gasteiger partial charge in [0.1, 0.15) is 6.61 Å². The predicted octanol–water partition coefficient (Wildman–Crippen LogP) is 2.18. The summed E-state index contributed by atoms with van der Waals surface area (Å²) >= 11 is 0. The average Bonchev–Trinajstić information content (AvgIpc) is 2.55. The fourth-order valence-corrected chi connectivity index (χ4v) is 2.51. The lowest BCUT2D eigenvalue weighted by atomic mass is 9.77. The van der Waals surface area contributed by atoms with Crippen molar-refractivity contribution in [3.8, 4) is 0 Å². The Morgan fingerprint density at radius 1 is 1.23 bits per heavy atom. The molecule has 1 saturated heterocycles. The van der Waals surface area contributed by atoms with E-state index < -0.39 is 17.5 Å². The summed E-state index contributed by atoms with van der Waals surface area (Å²) in [5.41, 5.74) is 0.106. The molecule has 0 aromatic heterocycles. The molecule has 1 heterocycles. The van der Waals surface area contributed by atoms with E-state index in [1.165, 1.54) is 0 Å². The third kappa shape index (κ3) is 4.46. The molecule has 0 spiro atoms. The summed E-state index contributed by atoms with van der Waals surface area (Å²) < 4.78 is 10.3. The van der Waals surface area contributed by atoms with E-state index in [0.29, 0.717) is 32.5 Å². The van der Waals surface area contributed by atoms with Crippen LogP contribution in [0.15, 0.2) is 30.3 Å². The Morgan fingerprint density at radius 3 is 2.55 bits per heavy atom. The van der Waals surface area contributed by atoms with Crippen molar-refractivity contribution in [3.05, 3.63) is 35.9 Å². The smallest absolute Gasteiger partial charge is 0.407 e. The van der Waals surface area contributed by atoms with Gasteiger partial charge >= 0.3 is 12.1 Å². The van der Waals surface area contributed by atoms with E-state index in [1.807, 2.05) is 30.3 Å². The van der Waals surface area contributed by atoms with Crippen molar-refractivity contribution in [3.63, 3.8) is 0 Å². The third-order valence-corrected chi connectivity index (χ3v) is 3.99. The third-order valence-electron chi connectivity index (χ3n) is 3.99. The first-order valence-electron chi connectivity index (χ1n) is 7.38. The Labute approximate surface area is 129 Å². The van der Waals surface area contributed by atoms with Crippen molar-refractivity contribution in [2.75, 3.05) is 19.8 Å². The molecule has 0 aliphatic carbocycles. The van der Waals surface area contributed by atoms with Crippen LogP contribution in [0.4, 0.5) is 4.79 Å². The lowest BCUT2D eigenvalue weighted by molar-refractivity contribution is -0.155. The Balaban J connectivity index is 1.72. The average molecular weight is 307 g/mol. The zero-order valence-corrected chi connectivity index (χ0v) is 12.4. The lowest BCUT2D eigenvalue weighted by Crippen LogP contribution is -2.40. The van der Waals surface area contributed by atoms with Crippen LogP contribution in [0.5, 0.6) is 0 Å². The number of ether oxygens (including phenoxy) is 2. The lowest BCUT2D eigenvalue weighted by Gasteiger charge is -2.33. The first-order valence-corrected chi connectivity index (χ1v) is 7.38. The highest BCUT2D eigenvalue weighted by Crippen LogP contribution is 2.34. The van der Waals surface area contributed by atoms with Gasteiger partial charge in [0.25, 0.3) is 0 Å². The van der Waals surface area contributed by atoms with Crippen molar-refractivity contribution in [2.24, 2.45) is 5.41 Å².